The number of pyridine rings is 1. The number of carboxylic acids is 1. The van der Waals surface area contributed by atoms with E-state index >= 15 is 4.39 Å². The van der Waals surface area contributed by atoms with Gasteiger partial charge in [0.2, 0.25) is 0 Å². The number of aromatic carboxylic acids is 1. The molecule has 5 rings (SSSR count). The van der Waals surface area contributed by atoms with E-state index in [0.717, 1.165) is 0 Å². The summed E-state index contributed by atoms with van der Waals surface area (Å²) in [6, 6.07) is 10.6. The maximum absolute atomic E-state index is 15.7. The molecule has 10 nitrogen and oxygen atoms in total. The van der Waals surface area contributed by atoms with Crippen molar-refractivity contribution in [2.24, 2.45) is 0 Å². The van der Waals surface area contributed by atoms with Gasteiger partial charge in [0.25, 0.3) is 0 Å². The number of piperazine rings is 1. The summed E-state index contributed by atoms with van der Waals surface area (Å²) in [5, 5.41) is 9.61. The van der Waals surface area contributed by atoms with Crippen molar-refractivity contribution >= 4 is 28.9 Å². The second-order valence-electron chi connectivity index (χ2n) is 11.5. The first kappa shape index (κ1) is 29.6. The molecule has 12 heteroatoms. The van der Waals surface area contributed by atoms with Gasteiger partial charge in [-0.2, -0.15) is 4.98 Å². The van der Waals surface area contributed by atoms with E-state index < -0.39 is 35.0 Å². The van der Waals surface area contributed by atoms with E-state index in [0.29, 0.717) is 11.3 Å². The van der Waals surface area contributed by atoms with Gasteiger partial charge in [-0.3, -0.25) is 0 Å². The van der Waals surface area contributed by atoms with E-state index in [1.165, 1.54) is 47.0 Å². The fourth-order valence-electron chi connectivity index (χ4n) is 5.19. The molecule has 0 bridgehead atoms. The number of hydrogen-bond acceptors (Lipinski definition) is 7. The third-order valence-electron chi connectivity index (χ3n) is 7.17. The Morgan fingerprint density at radius 3 is 2.37 bits per heavy atom. The highest BCUT2D eigenvalue weighted by Gasteiger charge is 2.32. The highest BCUT2D eigenvalue weighted by molar-refractivity contribution is 5.91. The summed E-state index contributed by atoms with van der Waals surface area (Å²) in [5.74, 6) is -2.48. The number of aromatic nitrogens is 3. The molecule has 1 unspecified atom stereocenters. The number of fused-ring (bicyclic) bond motifs is 1. The highest BCUT2D eigenvalue weighted by atomic mass is 19.1. The largest absolute Gasteiger partial charge is 0.478 e. The van der Waals surface area contributed by atoms with E-state index in [1.54, 1.807) is 43.6 Å². The lowest BCUT2D eigenvalue weighted by molar-refractivity contribution is 0.0218. The molecule has 43 heavy (non-hydrogen) atoms. The lowest BCUT2D eigenvalue weighted by Gasteiger charge is -2.41. The van der Waals surface area contributed by atoms with E-state index in [9.17, 15) is 23.9 Å². The standard InChI is InChI=1S/C31H31F2N5O5/c1-17-14-19(28(39)40)10-11-24(17)38-27-21(15-23(33)25(34-27)20-8-6-7-9-22(20)32)26(35-29(38)41)37-13-12-36(16-18(37)2)30(42)43-31(3,4)5/h6-11,14-15,18H,12-13,16H2,1-5H3,(H,39,40). The molecule has 1 aliphatic heterocycles. The number of carboxylic acid groups (broad SMARTS) is 1. The number of amides is 1. The van der Waals surface area contributed by atoms with Crippen LogP contribution in [0.4, 0.5) is 19.4 Å². The number of rotatable bonds is 4. The number of halogens is 2. The molecule has 1 saturated heterocycles. The van der Waals surface area contributed by atoms with Gasteiger partial charge in [-0.1, -0.05) is 12.1 Å². The van der Waals surface area contributed by atoms with Crippen molar-refractivity contribution in [3.63, 3.8) is 0 Å². The first-order chi connectivity index (χ1) is 20.2. The molecular formula is C31H31F2N5O5. The minimum absolute atomic E-state index is 0.0163. The van der Waals surface area contributed by atoms with Crippen molar-refractivity contribution in [3.8, 4) is 16.9 Å². The Hall–Kier alpha value is -4.87. The summed E-state index contributed by atoms with van der Waals surface area (Å²) in [7, 11) is 0. The molecule has 0 aliphatic carbocycles. The number of carbonyl (C=O) groups is 2. The molecule has 1 aliphatic rings. The third kappa shape index (κ3) is 5.77. The van der Waals surface area contributed by atoms with Crippen LogP contribution in [0.5, 0.6) is 0 Å². The zero-order valence-electron chi connectivity index (χ0n) is 24.4. The summed E-state index contributed by atoms with van der Waals surface area (Å²) < 4.78 is 37.2. The number of aryl methyl sites for hydroxylation is 1. The van der Waals surface area contributed by atoms with Crippen LogP contribution in [-0.2, 0) is 4.74 Å². The van der Waals surface area contributed by atoms with Crippen molar-refractivity contribution in [2.45, 2.75) is 46.3 Å². The summed E-state index contributed by atoms with van der Waals surface area (Å²) in [6.07, 6.45) is -0.463. The molecule has 3 heterocycles. The molecule has 0 spiro atoms. The maximum Gasteiger partial charge on any atom is 0.410 e. The average Bonchev–Trinajstić information content (AvgIpc) is 2.92. The molecule has 1 atom stereocenters. The van der Waals surface area contributed by atoms with Crippen LogP contribution >= 0.6 is 0 Å². The molecule has 1 N–H and O–H groups in total. The van der Waals surface area contributed by atoms with E-state index in [4.69, 9.17) is 4.74 Å². The van der Waals surface area contributed by atoms with Crippen LogP contribution in [0.25, 0.3) is 28.0 Å². The smallest absolute Gasteiger partial charge is 0.410 e. The van der Waals surface area contributed by atoms with Gasteiger partial charge in [0.05, 0.1) is 16.6 Å². The van der Waals surface area contributed by atoms with E-state index in [2.05, 4.69) is 9.97 Å². The molecule has 1 fully saturated rings. The van der Waals surface area contributed by atoms with Crippen molar-refractivity contribution < 1.29 is 28.2 Å². The zero-order valence-corrected chi connectivity index (χ0v) is 24.4. The Morgan fingerprint density at radius 2 is 1.74 bits per heavy atom. The van der Waals surface area contributed by atoms with Crippen LogP contribution in [0.3, 0.4) is 0 Å². The average molecular weight is 592 g/mol. The van der Waals surface area contributed by atoms with Crippen LogP contribution in [-0.4, -0.2) is 67.9 Å². The lowest BCUT2D eigenvalue weighted by Crippen LogP contribution is -2.55. The van der Waals surface area contributed by atoms with Crippen LogP contribution in [0.2, 0.25) is 0 Å². The predicted molar refractivity (Wildman–Crippen MR) is 157 cm³/mol. The van der Waals surface area contributed by atoms with E-state index in [1.807, 2.05) is 6.92 Å². The van der Waals surface area contributed by atoms with Crippen LogP contribution in [0.1, 0.15) is 43.6 Å². The first-order valence-electron chi connectivity index (χ1n) is 13.7. The Kier molecular flexibility index (Phi) is 7.63. The van der Waals surface area contributed by atoms with Gasteiger partial charge < -0.3 is 19.6 Å². The van der Waals surface area contributed by atoms with Gasteiger partial charge in [0.1, 0.15) is 28.7 Å². The number of hydrogen-bond donors (Lipinski definition) is 1. The minimum Gasteiger partial charge on any atom is -0.478 e. The quantitative estimate of drug-likeness (QED) is 0.345. The van der Waals surface area contributed by atoms with Gasteiger partial charge in [-0.05, 0) is 76.6 Å². The topological polar surface area (TPSA) is 118 Å². The maximum atomic E-state index is 15.7. The second-order valence-corrected chi connectivity index (χ2v) is 11.5. The fraction of sp³-hybridized carbons (Fsp3) is 0.323. The molecule has 2 aromatic heterocycles. The number of anilines is 1. The van der Waals surface area contributed by atoms with Crippen LogP contribution < -0.4 is 10.6 Å². The summed E-state index contributed by atoms with van der Waals surface area (Å²) in [6.45, 7) is 9.63. The van der Waals surface area contributed by atoms with Crippen LogP contribution in [0.15, 0.2) is 53.3 Å². The van der Waals surface area contributed by atoms with E-state index in [-0.39, 0.29) is 59.3 Å². The van der Waals surface area contributed by atoms with Crippen molar-refractivity contribution in [1.82, 2.24) is 19.4 Å². The third-order valence-corrected chi connectivity index (χ3v) is 7.17. The predicted octanol–water partition coefficient (Wildman–Crippen LogP) is 5.18. The summed E-state index contributed by atoms with van der Waals surface area (Å²) in [4.78, 5) is 50.2. The normalized spacial score (nSPS) is 15.6. The van der Waals surface area contributed by atoms with Crippen molar-refractivity contribution in [3.05, 3.63) is 81.8 Å². The number of ether oxygens (including phenoxy) is 1. The summed E-state index contributed by atoms with van der Waals surface area (Å²) >= 11 is 0. The molecular weight excluding hydrogens is 560 g/mol. The Bertz CT molecular complexity index is 1820. The molecule has 2 aromatic carbocycles. The van der Waals surface area contributed by atoms with Gasteiger partial charge in [0.15, 0.2) is 5.65 Å². The fourth-order valence-corrected chi connectivity index (χ4v) is 5.19. The molecule has 4 aromatic rings. The first-order valence-corrected chi connectivity index (χ1v) is 13.7. The zero-order chi connectivity index (χ0) is 31.2. The van der Waals surface area contributed by atoms with Gasteiger partial charge in [-0.25, -0.2) is 32.7 Å². The highest BCUT2D eigenvalue weighted by Crippen LogP contribution is 2.33. The Labute approximate surface area is 246 Å². The SMILES string of the molecule is Cc1cc(C(=O)O)ccc1-n1c(=O)nc(N2CCN(C(=O)OC(C)(C)C)CC2C)c2cc(F)c(-c3ccccc3F)nc21. The molecule has 224 valence electrons. The molecule has 0 radical (unpaired) electrons. The Morgan fingerprint density at radius 1 is 1.02 bits per heavy atom. The monoisotopic (exact) mass is 591 g/mol. The van der Waals surface area contributed by atoms with Gasteiger partial charge in [-0.15, -0.1) is 0 Å². The second kappa shape index (κ2) is 11.1. The van der Waals surface area contributed by atoms with Crippen molar-refractivity contribution in [1.29, 1.82) is 0 Å². The number of benzene rings is 2. The van der Waals surface area contributed by atoms with Crippen molar-refractivity contribution in [2.75, 3.05) is 24.5 Å². The number of carbonyl (C=O) groups excluding carboxylic acids is 1. The number of nitrogens with zero attached hydrogens (tertiary/aromatic N) is 5. The van der Waals surface area contributed by atoms with Gasteiger partial charge in [0, 0.05) is 31.2 Å². The Balaban J connectivity index is 1.68. The molecule has 0 saturated carbocycles. The summed E-state index contributed by atoms with van der Waals surface area (Å²) in [5.41, 5.74) is -1.02. The van der Waals surface area contributed by atoms with Gasteiger partial charge >= 0.3 is 17.8 Å². The lowest BCUT2D eigenvalue weighted by atomic mass is 10.1. The minimum atomic E-state index is -1.14. The van der Waals surface area contributed by atoms with Crippen LogP contribution in [0, 0.1) is 18.6 Å². The molecule has 1 amide bonds.